The molecule has 2 amide bonds. The fourth-order valence-electron chi connectivity index (χ4n) is 4.08. The zero-order valence-corrected chi connectivity index (χ0v) is 19.1. The van der Waals surface area contributed by atoms with Crippen LogP contribution >= 0.6 is 23.2 Å². The van der Waals surface area contributed by atoms with Gasteiger partial charge in [-0.3, -0.25) is 14.5 Å². The summed E-state index contributed by atoms with van der Waals surface area (Å²) >= 11 is 11.6. The topological polar surface area (TPSA) is 45.6 Å². The lowest BCUT2D eigenvalue weighted by atomic mass is 9.97. The number of anilines is 1. The van der Waals surface area contributed by atoms with Crippen molar-refractivity contribution >= 4 is 40.7 Å². The van der Waals surface area contributed by atoms with Crippen LogP contribution in [0, 0.1) is 5.82 Å². The number of carbonyl (C=O) groups excluding carboxylic acids is 2. The summed E-state index contributed by atoms with van der Waals surface area (Å²) in [5, 5.41) is 0. The predicted molar refractivity (Wildman–Crippen MR) is 124 cm³/mol. The molecule has 1 aromatic heterocycles. The Morgan fingerprint density at radius 2 is 1.66 bits per heavy atom. The average Bonchev–Trinajstić information content (AvgIpc) is 3.26. The first kappa shape index (κ1) is 22.4. The van der Waals surface area contributed by atoms with Crippen molar-refractivity contribution in [1.29, 1.82) is 0 Å². The minimum Gasteiger partial charge on any atom is -0.329 e. The van der Waals surface area contributed by atoms with Crippen LogP contribution in [0.25, 0.3) is 5.69 Å². The van der Waals surface area contributed by atoms with Gasteiger partial charge in [0.2, 0.25) is 5.91 Å². The van der Waals surface area contributed by atoms with E-state index in [1.54, 1.807) is 30.9 Å². The number of aromatic nitrogens is 1. The average molecular weight is 474 g/mol. The number of benzene rings is 2. The summed E-state index contributed by atoms with van der Waals surface area (Å²) in [5.41, 5.74) is 3.15. The van der Waals surface area contributed by atoms with Gasteiger partial charge in [-0.25, -0.2) is 4.39 Å². The number of halogens is 3. The first-order chi connectivity index (χ1) is 15.3. The molecule has 8 heteroatoms. The molecule has 0 spiro atoms. The Kier molecular flexibility index (Phi) is 6.26. The van der Waals surface area contributed by atoms with Gasteiger partial charge < -0.3 is 9.47 Å². The van der Waals surface area contributed by atoms with Gasteiger partial charge in [-0.2, -0.15) is 0 Å². The lowest BCUT2D eigenvalue weighted by Crippen LogP contribution is -2.49. The highest BCUT2D eigenvalue weighted by atomic mass is 35.5. The summed E-state index contributed by atoms with van der Waals surface area (Å²) in [5.74, 6) is -1.18. The van der Waals surface area contributed by atoms with Gasteiger partial charge in [0.25, 0.3) is 5.91 Å². The van der Waals surface area contributed by atoms with Crippen LogP contribution in [-0.2, 0) is 9.59 Å². The van der Waals surface area contributed by atoms with Crippen molar-refractivity contribution < 1.29 is 14.0 Å². The van der Waals surface area contributed by atoms with Gasteiger partial charge in [0.1, 0.15) is 18.4 Å². The molecule has 0 bridgehead atoms. The molecular weight excluding hydrogens is 452 g/mol. The molecule has 1 unspecified atom stereocenters. The van der Waals surface area contributed by atoms with E-state index in [-0.39, 0.29) is 24.3 Å². The summed E-state index contributed by atoms with van der Waals surface area (Å²) in [6, 6.07) is 16.7. The van der Waals surface area contributed by atoms with E-state index >= 15 is 0 Å². The third-order valence-corrected chi connectivity index (χ3v) is 5.95. The minimum atomic E-state index is -1.26. The molecule has 1 atom stereocenters. The van der Waals surface area contributed by atoms with Crippen molar-refractivity contribution in [2.24, 2.45) is 0 Å². The van der Waals surface area contributed by atoms with Gasteiger partial charge in [0, 0.05) is 12.2 Å². The second kappa shape index (κ2) is 8.96. The van der Waals surface area contributed by atoms with E-state index in [0.29, 0.717) is 5.69 Å². The maximum absolute atomic E-state index is 13.7. The number of hydrogen-bond acceptors (Lipinski definition) is 2. The molecule has 166 valence electrons. The normalized spacial score (nSPS) is 15.0. The van der Waals surface area contributed by atoms with Gasteiger partial charge in [0.05, 0.1) is 17.1 Å². The molecule has 0 N–H and O–H groups in total. The van der Waals surface area contributed by atoms with Crippen molar-refractivity contribution in [2.75, 3.05) is 11.4 Å². The van der Waals surface area contributed by atoms with Gasteiger partial charge in [-0.05, 0) is 55.8 Å². The van der Waals surface area contributed by atoms with Crippen molar-refractivity contribution in [3.63, 3.8) is 0 Å². The first-order valence-electron chi connectivity index (χ1n) is 10.2. The Bertz CT molecular complexity index is 1140. The molecule has 3 aromatic rings. The number of nitrogens with zero attached hydrogens (tertiary/aromatic N) is 3. The summed E-state index contributed by atoms with van der Waals surface area (Å²) < 4.78 is 15.7. The highest BCUT2D eigenvalue weighted by molar-refractivity contribution is 6.53. The summed E-state index contributed by atoms with van der Waals surface area (Å²) in [6.07, 6.45) is 1.93. The van der Waals surface area contributed by atoms with Crippen LogP contribution in [0.15, 0.2) is 66.9 Å². The van der Waals surface area contributed by atoms with Crippen molar-refractivity contribution in [2.45, 2.75) is 30.8 Å². The van der Waals surface area contributed by atoms with Gasteiger partial charge in [-0.1, -0.05) is 47.5 Å². The number of alkyl halides is 2. The lowest BCUT2D eigenvalue weighted by molar-refractivity contribution is -0.135. The predicted octanol–water partition coefficient (Wildman–Crippen LogP) is 5.09. The monoisotopic (exact) mass is 473 g/mol. The number of para-hydroxylation sites is 2. The zero-order chi connectivity index (χ0) is 23.0. The number of hydrogen-bond donors (Lipinski definition) is 0. The van der Waals surface area contributed by atoms with E-state index in [9.17, 15) is 14.0 Å². The fourth-order valence-corrected chi connectivity index (χ4v) is 4.34. The summed E-state index contributed by atoms with van der Waals surface area (Å²) in [6.45, 7) is 3.40. The summed E-state index contributed by atoms with van der Waals surface area (Å²) in [4.78, 5) is 28.1. The lowest BCUT2D eigenvalue weighted by Gasteiger charge is -2.40. The minimum absolute atomic E-state index is 0.195. The molecule has 0 radical (unpaired) electrons. The van der Waals surface area contributed by atoms with Crippen LogP contribution in [0.4, 0.5) is 10.1 Å². The fraction of sp³-hybridized carbons (Fsp3) is 0.250. The highest BCUT2D eigenvalue weighted by Crippen LogP contribution is 2.42. The van der Waals surface area contributed by atoms with Gasteiger partial charge >= 0.3 is 0 Å². The van der Waals surface area contributed by atoms with E-state index in [1.807, 2.05) is 47.2 Å². The van der Waals surface area contributed by atoms with Crippen molar-refractivity contribution in [3.05, 3.63) is 83.9 Å². The highest BCUT2D eigenvalue weighted by Gasteiger charge is 2.37. The van der Waals surface area contributed by atoms with Crippen molar-refractivity contribution in [3.8, 4) is 5.69 Å². The van der Waals surface area contributed by atoms with Crippen molar-refractivity contribution in [1.82, 2.24) is 9.47 Å². The second-order valence-corrected chi connectivity index (χ2v) is 8.97. The maximum atomic E-state index is 13.7. The first-order valence-corrected chi connectivity index (χ1v) is 11.1. The molecule has 1 aliphatic heterocycles. The summed E-state index contributed by atoms with van der Waals surface area (Å²) in [7, 11) is 0. The largest absolute Gasteiger partial charge is 0.329 e. The molecule has 32 heavy (non-hydrogen) atoms. The molecule has 2 heterocycles. The van der Waals surface area contributed by atoms with Crippen LogP contribution in [0.5, 0.6) is 0 Å². The Morgan fingerprint density at radius 3 is 2.28 bits per heavy atom. The molecule has 0 aliphatic carbocycles. The van der Waals surface area contributed by atoms with Crippen LogP contribution in [0.1, 0.15) is 31.1 Å². The van der Waals surface area contributed by atoms with Crippen LogP contribution in [0.3, 0.4) is 0 Å². The number of fused-ring (bicyclic) bond motifs is 3. The van der Waals surface area contributed by atoms with E-state index in [4.69, 9.17) is 23.2 Å². The Morgan fingerprint density at radius 1 is 1.00 bits per heavy atom. The van der Waals surface area contributed by atoms with E-state index in [2.05, 4.69) is 0 Å². The molecule has 0 saturated heterocycles. The molecule has 1 aliphatic rings. The standard InChI is InChI=1S/C24H22Cl2FN3O2/c1-15(2)29(24(32)23(25)26)14-21(31)30-19-7-4-3-6-18(19)28-13-5-8-20(28)22(30)16-9-11-17(27)12-10-16/h3-13,15,22-23H,14H2,1-2H3. The Hall–Kier alpha value is -2.83. The second-order valence-electron chi connectivity index (χ2n) is 7.87. The smallest absolute Gasteiger partial charge is 0.256 e. The van der Waals surface area contributed by atoms with Gasteiger partial charge in [-0.15, -0.1) is 0 Å². The van der Waals surface area contributed by atoms with Crippen LogP contribution in [-0.4, -0.2) is 38.7 Å². The van der Waals surface area contributed by atoms with Gasteiger partial charge in [0.15, 0.2) is 4.84 Å². The zero-order valence-electron chi connectivity index (χ0n) is 17.6. The maximum Gasteiger partial charge on any atom is 0.256 e. The quantitative estimate of drug-likeness (QED) is 0.484. The van der Waals surface area contributed by atoms with E-state index < -0.39 is 16.8 Å². The Balaban J connectivity index is 1.82. The molecule has 0 saturated carbocycles. The molecule has 2 aromatic carbocycles. The van der Waals surface area contributed by atoms with Crippen LogP contribution in [0.2, 0.25) is 0 Å². The SMILES string of the molecule is CC(C)N(CC(=O)N1c2ccccc2-n2cccc2C1c1ccc(F)cc1)C(=O)C(Cl)Cl. The number of carbonyl (C=O) groups is 2. The molecule has 0 fully saturated rings. The Labute approximate surface area is 195 Å². The molecular formula is C24H22Cl2FN3O2. The third-order valence-electron chi connectivity index (χ3n) is 5.57. The van der Waals surface area contributed by atoms with Crippen LogP contribution < -0.4 is 4.90 Å². The molecule has 4 rings (SSSR count). The van der Waals surface area contributed by atoms with E-state index in [1.165, 1.54) is 17.0 Å². The molecule has 5 nitrogen and oxygen atoms in total. The number of rotatable bonds is 5. The third kappa shape index (κ3) is 4.00. The van der Waals surface area contributed by atoms with E-state index in [0.717, 1.165) is 16.9 Å². The number of amides is 2.